The van der Waals surface area contributed by atoms with E-state index in [1.165, 1.54) is 0 Å². The number of hydrogen-bond acceptors (Lipinski definition) is 5. The lowest BCUT2D eigenvalue weighted by Crippen LogP contribution is -2.45. The van der Waals surface area contributed by atoms with Crippen molar-refractivity contribution in [3.63, 3.8) is 0 Å². The summed E-state index contributed by atoms with van der Waals surface area (Å²) in [6.45, 7) is 2.04. The van der Waals surface area contributed by atoms with Gasteiger partial charge in [0.2, 0.25) is 5.91 Å². The minimum atomic E-state index is -0.306. The molecule has 0 bridgehead atoms. The fourth-order valence-electron chi connectivity index (χ4n) is 3.21. The molecule has 4 rings (SSSR count). The zero-order chi connectivity index (χ0) is 17.6. The van der Waals surface area contributed by atoms with Gasteiger partial charge < -0.3 is 15.6 Å². The van der Waals surface area contributed by atoms with E-state index in [-0.39, 0.29) is 17.9 Å². The normalized spacial score (nSPS) is 19.3. The zero-order valence-electron chi connectivity index (χ0n) is 13.8. The second kappa shape index (κ2) is 6.00. The largest absolute Gasteiger partial charge is 0.358 e. The highest BCUT2D eigenvalue weighted by Gasteiger charge is 2.31. The lowest BCUT2D eigenvalue weighted by molar-refractivity contribution is -0.122. The molecule has 4 heterocycles. The summed E-state index contributed by atoms with van der Waals surface area (Å²) in [5, 5.41) is 7.35. The summed E-state index contributed by atoms with van der Waals surface area (Å²) in [4.78, 5) is 28.6. The van der Waals surface area contributed by atoms with E-state index in [9.17, 15) is 4.79 Å². The highest BCUT2D eigenvalue weighted by molar-refractivity contribution is 6.31. The molecule has 3 N–H and O–H groups in total. The van der Waals surface area contributed by atoms with Crippen LogP contribution in [0.4, 0.5) is 5.82 Å². The van der Waals surface area contributed by atoms with Crippen LogP contribution in [-0.2, 0) is 11.2 Å². The number of anilines is 1. The summed E-state index contributed by atoms with van der Waals surface area (Å²) < 4.78 is 0. The summed E-state index contributed by atoms with van der Waals surface area (Å²) in [6, 6.07) is 1.53. The number of amides is 1. The first kappa shape index (κ1) is 15.8. The standard InChI is InChI=1S/C17H17ClN6O/c1-8-3-9-5-20-16(24-14(9)23-13(8)17(25)19-2)12-7-22-15-11(12)4-10(18)6-21-15/h4-8,13H,3H2,1-2H3,(H,19,25)(H,21,22)(H,20,23,24)/t8?,13-/m0/s1. The van der Waals surface area contributed by atoms with E-state index in [0.717, 1.165) is 28.6 Å². The van der Waals surface area contributed by atoms with E-state index < -0.39 is 0 Å². The number of H-pyrrole nitrogens is 1. The number of halogens is 1. The maximum atomic E-state index is 12.1. The molecule has 0 fully saturated rings. The SMILES string of the molecule is CNC(=O)[C@H]1Nc2nc(-c3c[nH]c4ncc(Cl)cc34)ncc2CC1C. The lowest BCUT2D eigenvalue weighted by Gasteiger charge is -2.30. The highest BCUT2D eigenvalue weighted by atomic mass is 35.5. The van der Waals surface area contributed by atoms with Gasteiger partial charge >= 0.3 is 0 Å². The molecular formula is C17H17ClN6O. The van der Waals surface area contributed by atoms with Crippen molar-refractivity contribution in [2.24, 2.45) is 5.92 Å². The number of likely N-dealkylation sites (N-methyl/N-ethyl adjacent to an activating group) is 1. The summed E-state index contributed by atoms with van der Waals surface area (Å²) in [5.74, 6) is 1.38. The molecule has 3 aromatic heterocycles. The Kier molecular flexibility index (Phi) is 3.80. The fourth-order valence-corrected chi connectivity index (χ4v) is 3.37. The van der Waals surface area contributed by atoms with Crippen LogP contribution in [0.5, 0.6) is 0 Å². The summed E-state index contributed by atoms with van der Waals surface area (Å²) >= 11 is 6.06. The first-order valence-corrected chi connectivity index (χ1v) is 8.41. The minimum Gasteiger partial charge on any atom is -0.358 e. The van der Waals surface area contributed by atoms with E-state index in [2.05, 4.69) is 30.6 Å². The van der Waals surface area contributed by atoms with E-state index in [1.807, 2.05) is 25.4 Å². The Morgan fingerprint density at radius 1 is 1.36 bits per heavy atom. The van der Waals surface area contributed by atoms with Crippen LogP contribution in [0, 0.1) is 5.92 Å². The van der Waals surface area contributed by atoms with Crippen LogP contribution in [0.2, 0.25) is 5.02 Å². The van der Waals surface area contributed by atoms with Gasteiger partial charge in [-0.05, 0) is 18.4 Å². The first-order chi connectivity index (χ1) is 12.1. The van der Waals surface area contributed by atoms with Gasteiger partial charge in [-0.3, -0.25) is 4.79 Å². The molecule has 0 aliphatic carbocycles. The van der Waals surface area contributed by atoms with Gasteiger partial charge in [-0.2, -0.15) is 0 Å². The molecule has 1 amide bonds. The van der Waals surface area contributed by atoms with Crippen molar-refractivity contribution in [1.82, 2.24) is 25.3 Å². The second-order valence-electron chi connectivity index (χ2n) is 6.24. The fraction of sp³-hybridized carbons (Fsp3) is 0.294. The van der Waals surface area contributed by atoms with Gasteiger partial charge in [0.1, 0.15) is 17.5 Å². The number of rotatable bonds is 2. The molecule has 25 heavy (non-hydrogen) atoms. The topological polar surface area (TPSA) is 95.6 Å². The molecule has 1 aliphatic heterocycles. The van der Waals surface area contributed by atoms with E-state index in [4.69, 9.17) is 11.6 Å². The van der Waals surface area contributed by atoms with Crippen molar-refractivity contribution in [3.05, 3.63) is 35.2 Å². The van der Waals surface area contributed by atoms with Crippen molar-refractivity contribution in [2.45, 2.75) is 19.4 Å². The molecule has 7 nitrogen and oxygen atoms in total. The van der Waals surface area contributed by atoms with Gasteiger partial charge in [-0.25, -0.2) is 15.0 Å². The lowest BCUT2D eigenvalue weighted by atomic mass is 9.90. The Hall–Kier alpha value is -2.67. The van der Waals surface area contributed by atoms with Crippen LogP contribution in [0.25, 0.3) is 22.4 Å². The molecule has 0 radical (unpaired) electrons. The third kappa shape index (κ3) is 2.70. The minimum absolute atomic E-state index is 0.0404. The van der Waals surface area contributed by atoms with E-state index in [1.54, 1.807) is 13.2 Å². The van der Waals surface area contributed by atoms with Crippen LogP contribution in [-0.4, -0.2) is 38.9 Å². The van der Waals surface area contributed by atoms with Crippen LogP contribution < -0.4 is 10.6 Å². The van der Waals surface area contributed by atoms with Gasteiger partial charge in [-0.1, -0.05) is 18.5 Å². The first-order valence-electron chi connectivity index (χ1n) is 8.04. The van der Waals surface area contributed by atoms with Crippen molar-refractivity contribution in [3.8, 4) is 11.4 Å². The van der Waals surface area contributed by atoms with Gasteiger partial charge in [0.05, 0.1) is 5.02 Å². The third-order valence-corrected chi connectivity index (χ3v) is 4.74. The van der Waals surface area contributed by atoms with Crippen molar-refractivity contribution in [2.75, 3.05) is 12.4 Å². The summed E-state index contributed by atoms with van der Waals surface area (Å²) in [5.41, 5.74) is 2.56. The van der Waals surface area contributed by atoms with Crippen molar-refractivity contribution < 1.29 is 4.79 Å². The average molecular weight is 357 g/mol. The van der Waals surface area contributed by atoms with Crippen LogP contribution >= 0.6 is 11.6 Å². The Morgan fingerprint density at radius 2 is 2.20 bits per heavy atom. The number of aromatic amines is 1. The number of nitrogens with one attached hydrogen (secondary N) is 3. The van der Waals surface area contributed by atoms with Crippen LogP contribution in [0.3, 0.4) is 0 Å². The third-order valence-electron chi connectivity index (χ3n) is 4.54. The molecule has 0 saturated heterocycles. The van der Waals surface area contributed by atoms with E-state index >= 15 is 0 Å². The molecule has 8 heteroatoms. The molecule has 0 saturated carbocycles. The predicted octanol–water partition coefficient (Wildman–Crippen LogP) is 2.39. The molecular weight excluding hydrogens is 340 g/mol. The molecule has 3 aromatic rings. The number of fused-ring (bicyclic) bond motifs is 2. The number of aromatic nitrogens is 4. The second-order valence-corrected chi connectivity index (χ2v) is 6.67. The highest BCUT2D eigenvalue weighted by Crippen LogP contribution is 2.31. The van der Waals surface area contributed by atoms with Gasteiger partial charge in [-0.15, -0.1) is 0 Å². The van der Waals surface area contributed by atoms with E-state index in [0.29, 0.717) is 16.7 Å². The summed E-state index contributed by atoms with van der Waals surface area (Å²) in [7, 11) is 1.64. The van der Waals surface area contributed by atoms with Crippen LogP contribution in [0.1, 0.15) is 12.5 Å². The number of carbonyl (C=O) groups is 1. The Morgan fingerprint density at radius 3 is 3.00 bits per heavy atom. The Balaban J connectivity index is 1.76. The predicted molar refractivity (Wildman–Crippen MR) is 96.5 cm³/mol. The smallest absolute Gasteiger partial charge is 0.242 e. The molecule has 1 aliphatic rings. The molecule has 128 valence electrons. The molecule has 1 unspecified atom stereocenters. The molecule has 0 aromatic carbocycles. The van der Waals surface area contributed by atoms with Crippen molar-refractivity contribution >= 4 is 34.4 Å². The maximum absolute atomic E-state index is 12.1. The van der Waals surface area contributed by atoms with Crippen molar-refractivity contribution in [1.29, 1.82) is 0 Å². The van der Waals surface area contributed by atoms with Gasteiger partial charge in [0.15, 0.2) is 5.82 Å². The number of hydrogen-bond donors (Lipinski definition) is 3. The quantitative estimate of drug-likeness (QED) is 0.655. The number of carbonyl (C=O) groups excluding carboxylic acids is 1. The average Bonchev–Trinajstić information content (AvgIpc) is 3.03. The Labute approximate surface area is 149 Å². The Bertz CT molecular complexity index is 969. The monoisotopic (exact) mass is 356 g/mol. The zero-order valence-corrected chi connectivity index (χ0v) is 14.6. The number of pyridine rings is 1. The van der Waals surface area contributed by atoms with Gasteiger partial charge in [0, 0.05) is 42.2 Å². The summed E-state index contributed by atoms with van der Waals surface area (Å²) in [6.07, 6.45) is 5.98. The van der Waals surface area contributed by atoms with Gasteiger partial charge in [0.25, 0.3) is 0 Å². The molecule has 0 spiro atoms. The maximum Gasteiger partial charge on any atom is 0.242 e. The van der Waals surface area contributed by atoms with Crippen LogP contribution in [0.15, 0.2) is 24.7 Å². The molecule has 2 atom stereocenters. The number of nitrogens with zero attached hydrogens (tertiary/aromatic N) is 3.